The second kappa shape index (κ2) is 6.56. The number of anilines is 3. The Bertz CT molecular complexity index is 1430. The largest absolute Gasteiger partial charge is 0.397 e. The molecule has 0 bridgehead atoms. The maximum atomic E-state index is 5.92. The quantitative estimate of drug-likeness (QED) is 0.359. The molecule has 1 aliphatic rings. The third-order valence-corrected chi connectivity index (χ3v) is 5.47. The zero-order valence-corrected chi connectivity index (χ0v) is 16.7. The lowest BCUT2D eigenvalue weighted by molar-refractivity contribution is 0.873. The van der Waals surface area contributed by atoms with E-state index in [1.54, 1.807) is 12.5 Å². The Hall–Kier alpha value is -4.40. The zero-order valence-electron chi connectivity index (χ0n) is 16.7. The smallest absolute Gasteiger partial charge is 0.141 e. The number of nitrogen functional groups attached to an aromatic ring is 1. The van der Waals surface area contributed by atoms with Gasteiger partial charge in [-0.3, -0.25) is 15.1 Å². The predicted molar refractivity (Wildman–Crippen MR) is 120 cm³/mol. The highest BCUT2D eigenvalue weighted by atomic mass is 15.3. The van der Waals surface area contributed by atoms with Crippen LogP contribution in [-0.4, -0.2) is 29.7 Å². The van der Waals surface area contributed by atoms with Crippen molar-refractivity contribution in [1.82, 2.24) is 29.7 Å². The number of hydrogen-bond acceptors (Lipinski definition) is 7. The van der Waals surface area contributed by atoms with Gasteiger partial charge in [-0.2, -0.15) is 5.10 Å². The summed E-state index contributed by atoms with van der Waals surface area (Å²) < 4.78 is 1.97. The van der Waals surface area contributed by atoms with Crippen molar-refractivity contribution in [1.29, 1.82) is 0 Å². The van der Waals surface area contributed by atoms with Crippen LogP contribution >= 0.6 is 0 Å². The van der Waals surface area contributed by atoms with E-state index in [9.17, 15) is 0 Å². The topological polar surface area (TPSA) is 122 Å². The van der Waals surface area contributed by atoms with Crippen LogP contribution in [0.4, 0.5) is 17.1 Å². The molecule has 1 aliphatic heterocycles. The summed E-state index contributed by atoms with van der Waals surface area (Å²) in [5.41, 5.74) is 14.1. The van der Waals surface area contributed by atoms with Crippen molar-refractivity contribution in [3.05, 3.63) is 73.0 Å². The molecule has 9 heteroatoms. The minimum Gasteiger partial charge on any atom is -0.397 e. The van der Waals surface area contributed by atoms with Gasteiger partial charge in [0, 0.05) is 29.5 Å². The molecule has 6 rings (SSSR count). The number of aromatic nitrogens is 6. The molecule has 5 heterocycles. The first-order chi connectivity index (χ1) is 15.2. The molecule has 1 aromatic carbocycles. The van der Waals surface area contributed by atoms with Gasteiger partial charge in [0.05, 0.1) is 58.4 Å². The van der Waals surface area contributed by atoms with E-state index in [0.29, 0.717) is 5.69 Å². The van der Waals surface area contributed by atoms with Crippen LogP contribution < -0.4 is 16.4 Å². The number of fused-ring (bicyclic) bond motifs is 2. The molecule has 0 amide bonds. The van der Waals surface area contributed by atoms with E-state index in [4.69, 9.17) is 5.73 Å². The summed E-state index contributed by atoms with van der Waals surface area (Å²) in [5.74, 6) is 0. The lowest BCUT2D eigenvalue weighted by Gasteiger charge is -2.12. The van der Waals surface area contributed by atoms with E-state index in [2.05, 4.69) is 41.8 Å². The normalized spacial score (nSPS) is 14.9. The number of benzene rings is 1. The average Bonchev–Trinajstić information content (AvgIpc) is 3.50. The Labute approximate surface area is 177 Å². The molecule has 1 unspecified atom stereocenters. The number of aryl methyl sites for hydroxylation is 1. The van der Waals surface area contributed by atoms with Crippen LogP contribution in [0.3, 0.4) is 0 Å². The fraction of sp³-hybridized carbons (Fsp3) is 0.0909. The van der Waals surface area contributed by atoms with Crippen molar-refractivity contribution in [2.24, 2.45) is 0 Å². The molecule has 5 aromatic rings. The standard InChI is InChI=1S/C22H19N9/c1-12-10-31(11-26-12)19-9-25-8-18-21(19)28-22(27-18)20-16-5-13(2-3-17(16)29-30-20)14-4-15(23)7-24-6-14/h2-11,22,27-28H,23H2,1H3,(H,29,30). The van der Waals surface area contributed by atoms with Gasteiger partial charge >= 0.3 is 0 Å². The molecule has 9 nitrogen and oxygen atoms in total. The maximum Gasteiger partial charge on any atom is 0.141 e. The van der Waals surface area contributed by atoms with Gasteiger partial charge in [0.2, 0.25) is 0 Å². The summed E-state index contributed by atoms with van der Waals surface area (Å²) >= 11 is 0. The van der Waals surface area contributed by atoms with Gasteiger partial charge in [-0.25, -0.2) is 4.98 Å². The van der Waals surface area contributed by atoms with Gasteiger partial charge in [-0.05, 0) is 30.7 Å². The molecule has 0 spiro atoms. The van der Waals surface area contributed by atoms with Crippen LogP contribution in [0.2, 0.25) is 0 Å². The van der Waals surface area contributed by atoms with Gasteiger partial charge in [-0.15, -0.1) is 0 Å². The zero-order chi connectivity index (χ0) is 20.9. The molecular formula is C22H19N9. The van der Waals surface area contributed by atoms with Crippen molar-refractivity contribution in [2.75, 3.05) is 16.4 Å². The van der Waals surface area contributed by atoms with Gasteiger partial charge in [-0.1, -0.05) is 6.07 Å². The Morgan fingerprint density at radius 1 is 1.00 bits per heavy atom. The van der Waals surface area contributed by atoms with Crippen LogP contribution in [0.5, 0.6) is 0 Å². The van der Waals surface area contributed by atoms with Crippen LogP contribution in [0.25, 0.3) is 27.7 Å². The summed E-state index contributed by atoms with van der Waals surface area (Å²) in [6.07, 6.45) is 10.7. The second-order valence-electron chi connectivity index (χ2n) is 7.60. The number of H-pyrrole nitrogens is 1. The first-order valence-corrected chi connectivity index (χ1v) is 9.87. The highest BCUT2D eigenvalue weighted by Crippen LogP contribution is 2.40. The van der Waals surface area contributed by atoms with Gasteiger partial charge in [0.1, 0.15) is 6.17 Å². The van der Waals surface area contributed by atoms with E-state index in [1.165, 1.54) is 0 Å². The Kier molecular flexibility index (Phi) is 3.69. The predicted octanol–water partition coefficient (Wildman–Crippen LogP) is 3.63. The molecular weight excluding hydrogens is 390 g/mol. The minimum absolute atomic E-state index is 0.179. The molecule has 0 saturated carbocycles. The highest BCUT2D eigenvalue weighted by molar-refractivity contribution is 5.89. The van der Waals surface area contributed by atoms with Crippen LogP contribution in [0.1, 0.15) is 17.6 Å². The van der Waals surface area contributed by atoms with Crippen molar-refractivity contribution in [3.63, 3.8) is 0 Å². The van der Waals surface area contributed by atoms with Crippen molar-refractivity contribution >= 4 is 28.0 Å². The third-order valence-electron chi connectivity index (χ3n) is 5.47. The number of pyridine rings is 2. The van der Waals surface area contributed by atoms with Crippen LogP contribution in [0.15, 0.2) is 61.6 Å². The number of nitrogens with zero attached hydrogens (tertiary/aromatic N) is 5. The molecule has 5 N–H and O–H groups in total. The molecule has 152 valence electrons. The first-order valence-electron chi connectivity index (χ1n) is 9.87. The maximum absolute atomic E-state index is 5.92. The summed E-state index contributed by atoms with van der Waals surface area (Å²) in [6, 6.07) is 8.05. The monoisotopic (exact) mass is 409 g/mol. The molecule has 0 fully saturated rings. The molecule has 0 saturated heterocycles. The van der Waals surface area contributed by atoms with E-state index in [1.807, 2.05) is 54.5 Å². The number of nitrogens with one attached hydrogen (secondary N) is 3. The summed E-state index contributed by atoms with van der Waals surface area (Å²) in [6.45, 7) is 1.96. The van der Waals surface area contributed by atoms with Gasteiger partial charge in [0.25, 0.3) is 0 Å². The lowest BCUT2D eigenvalue weighted by Crippen LogP contribution is -2.13. The average molecular weight is 409 g/mol. The number of imidazole rings is 1. The summed E-state index contributed by atoms with van der Waals surface area (Å²) in [4.78, 5) is 12.9. The number of hydrogen-bond donors (Lipinski definition) is 4. The minimum atomic E-state index is -0.179. The fourth-order valence-electron chi connectivity index (χ4n) is 3.98. The van der Waals surface area contributed by atoms with Crippen LogP contribution in [-0.2, 0) is 0 Å². The summed E-state index contributed by atoms with van der Waals surface area (Å²) in [5, 5.41) is 15.8. The highest BCUT2D eigenvalue weighted by Gasteiger charge is 2.27. The van der Waals surface area contributed by atoms with E-state index in [-0.39, 0.29) is 6.17 Å². The van der Waals surface area contributed by atoms with Crippen molar-refractivity contribution in [2.45, 2.75) is 13.1 Å². The molecule has 1 atom stereocenters. The third kappa shape index (κ3) is 2.86. The van der Waals surface area contributed by atoms with E-state index in [0.717, 1.165) is 50.5 Å². The first kappa shape index (κ1) is 17.5. The number of rotatable bonds is 3. The Morgan fingerprint density at radius 3 is 2.74 bits per heavy atom. The SMILES string of the molecule is Cc1cn(-c2cncc3c2NC(c2[nH]nc4ccc(-c5cncc(N)c5)cc24)N3)cn1. The van der Waals surface area contributed by atoms with E-state index >= 15 is 0 Å². The molecule has 0 aliphatic carbocycles. The second-order valence-corrected chi connectivity index (χ2v) is 7.60. The number of aromatic amines is 1. The Morgan fingerprint density at radius 2 is 1.90 bits per heavy atom. The van der Waals surface area contributed by atoms with Crippen molar-refractivity contribution in [3.8, 4) is 16.8 Å². The molecule has 0 radical (unpaired) electrons. The number of nitrogens with two attached hydrogens (primary N) is 1. The molecule has 31 heavy (non-hydrogen) atoms. The van der Waals surface area contributed by atoms with E-state index < -0.39 is 0 Å². The van der Waals surface area contributed by atoms with Crippen molar-refractivity contribution < 1.29 is 0 Å². The summed E-state index contributed by atoms with van der Waals surface area (Å²) in [7, 11) is 0. The van der Waals surface area contributed by atoms with Gasteiger partial charge in [0.15, 0.2) is 0 Å². The molecule has 4 aromatic heterocycles. The fourth-order valence-corrected chi connectivity index (χ4v) is 3.98. The Balaban J connectivity index is 1.39. The van der Waals surface area contributed by atoms with Gasteiger partial charge < -0.3 is 20.9 Å². The van der Waals surface area contributed by atoms with Crippen LogP contribution in [0, 0.1) is 6.92 Å². The lowest BCUT2D eigenvalue weighted by atomic mass is 10.0.